The van der Waals surface area contributed by atoms with Crippen LogP contribution in [0.4, 0.5) is 11.4 Å². The molecule has 0 spiro atoms. The highest BCUT2D eigenvalue weighted by Gasteiger charge is 2.19. The molecule has 0 radical (unpaired) electrons. The van der Waals surface area contributed by atoms with E-state index in [2.05, 4.69) is 10.0 Å². The molecule has 0 saturated carbocycles. The summed E-state index contributed by atoms with van der Waals surface area (Å²) in [5.74, 6) is 0.371. The Kier molecular flexibility index (Phi) is 5.71. The summed E-state index contributed by atoms with van der Waals surface area (Å²) in [6, 6.07) is 13.3. The first-order valence-corrected chi connectivity index (χ1v) is 10.8. The SMILES string of the molecule is COc1ccc(NS(=O)(=O)c2cc(NC(=O)c3sccc3C)ccc2C)cc1. The molecule has 28 heavy (non-hydrogen) atoms. The summed E-state index contributed by atoms with van der Waals surface area (Å²) in [7, 11) is -2.28. The van der Waals surface area contributed by atoms with Gasteiger partial charge in [0.05, 0.1) is 16.9 Å². The molecule has 2 aromatic carbocycles. The first-order chi connectivity index (χ1) is 13.3. The number of carbonyl (C=O) groups excluding carboxylic acids is 1. The quantitative estimate of drug-likeness (QED) is 0.623. The molecule has 1 amide bonds. The van der Waals surface area contributed by atoms with E-state index in [-0.39, 0.29) is 10.8 Å². The summed E-state index contributed by atoms with van der Waals surface area (Å²) in [5.41, 5.74) is 2.29. The number of thiophene rings is 1. The normalized spacial score (nSPS) is 11.1. The third-order valence-electron chi connectivity index (χ3n) is 4.15. The number of anilines is 2. The van der Waals surface area contributed by atoms with Crippen molar-refractivity contribution < 1.29 is 17.9 Å². The summed E-state index contributed by atoms with van der Waals surface area (Å²) in [6.45, 7) is 3.56. The van der Waals surface area contributed by atoms with E-state index in [4.69, 9.17) is 4.74 Å². The zero-order chi connectivity index (χ0) is 20.3. The van der Waals surface area contributed by atoms with Gasteiger partial charge in [-0.15, -0.1) is 11.3 Å². The average Bonchev–Trinajstić information content (AvgIpc) is 3.09. The molecule has 1 heterocycles. The maximum Gasteiger partial charge on any atom is 0.265 e. The van der Waals surface area contributed by atoms with Gasteiger partial charge < -0.3 is 10.1 Å². The van der Waals surface area contributed by atoms with Crippen molar-refractivity contribution in [3.63, 3.8) is 0 Å². The number of hydrogen-bond donors (Lipinski definition) is 2. The van der Waals surface area contributed by atoms with Gasteiger partial charge in [0.25, 0.3) is 15.9 Å². The maximum absolute atomic E-state index is 12.8. The fraction of sp³-hybridized carbons (Fsp3) is 0.150. The number of amides is 1. The van der Waals surface area contributed by atoms with Crippen LogP contribution < -0.4 is 14.8 Å². The third kappa shape index (κ3) is 4.35. The number of carbonyl (C=O) groups is 1. The first-order valence-electron chi connectivity index (χ1n) is 8.43. The summed E-state index contributed by atoms with van der Waals surface area (Å²) in [6.07, 6.45) is 0. The van der Waals surface area contributed by atoms with Gasteiger partial charge in [0.2, 0.25) is 0 Å². The van der Waals surface area contributed by atoms with Crippen LogP contribution in [0.3, 0.4) is 0 Å². The number of hydrogen-bond acceptors (Lipinski definition) is 5. The number of benzene rings is 2. The molecule has 6 nitrogen and oxygen atoms in total. The van der Waals surface area contributed by atoms with E-state index in [0.29, 0.717) is 27.6 Å². The van der Waals surface area contributed by atoms with Crippen molar-refractivity contribution in [3.05, 3.63) is 69.9 Å². The number of methoxy groups -OCH3 is 1. The van der Waals surface area contributed by atoms with Gasteiger partial charge in [-0.1, -0.05) is 6.07 Å². The van der Waals surface area contributed by atoms with Crippen LogP contribution in [0.5, 0.6) is 5.75 Å². The smallest absolute Gasteiger partial charge is 0.265 e. The minimum absolute atomic E-state index is 0.101. The van der Waals surface area contributed by atoms with Crippen LogP contribution in [0.25, 0.3) is 0 Å². The Bertz CT molecular complexity index is 1100. The Hall–Kier alpha value is -2.84. The molecule has 0 aliphatic carbocycles. The van der Waals surface area contributed by atoms with Crippen LogP contribution in [-0.2, 0) is 10.0 Å². The van der Waals surface area contributed by atoms with E-state index in [9.17, 15) is 13.2 Å². The minimum Gasteiger partial charge on any atom is -0.497 e. The zero-order valence-electron chi connectivity index (χ0n) is 15.6. The van der Waals surface area contributed by atoms with Gasteiger partial charge >= 0.3 is 0 Å². The Balaban J connectivity index is 1.85. The summed E-state index contributed by atoms with van der Waals surface area (Å²) in [5, 5.41) is 4.61. The van der Waals surface area contributed by atoms with Crippen molar-refractivity contribution in [2.75, 3.05) is 17.1 Å². The second kappa shape index (κ2) is 8.04. The highest BCUT2D eigenvalue weighted by Crippen LogP contribution is 2.25. The molecule has 0 aliphatic heterocycles. The molecule has 0 fully saturated rings. The van der Waals surface area contributed by atoms with E-state index in [1.165, 1.54) is 17.4 Å². The molecule has 0 atom stereocenters. The van der Waals surface area contributed by atoms with E-state index in [1.54, 1.807) is 50.4 Å². The van der Waals surface area contributed by atoms with Gasteiger partial charge in [0, 0.05) is 11.4 Å². The molecule has 0 unspecified atom stereocenters. The molecule has 1 aromatic heterocycles. The second-order valence-corrected chi connectivity index (χ2v) is 8.77. The van der Waals surface area contributed by atoms with Crippen LogP contribution in [-0.4, -0.2) is 21.4 Å². The molecule has 0 bridgehead atoms. The van der Waals surface area contributed by atoms with Crippen molar-refractivity contribution >= 4 is 38.6 Å². The van der Waals surface area contributed by atoms with Gasteiger partial charge in [-0.05, 0) is 72.8 Å². The minimum atomic E-state index is -3.82. The topological polar surface area (TPSA) is 84.5 Å². The Morgan fingerprint density at radius 3 is 2.25 bits per heavy atom. The second-order valence-electron chi connectivity index (χ2n) is 6.20. The van der Waals surface area contributed by atoms with E-state index in [1.807, 2.05) is 18.4 Å². The number of rotatable bonds is 6. The summed E-state index contributed by atoms with van der Waals surface area (Å²) < 4.78 is 33.3. The number of ether oxygens (including phenoxy) is 1. The summed E-state index contributed by atoms with van der Waals surface area (Å²) >= 11 is 1.34. The number of aryl methyl sites for hydroxylation is 2. The zero-order valence-corrected chi connectivity index (χ0v) is 17.3. The molecular weight excluding hydrogens is 396 g/mol. The maximum atomic E-state index is 12.8. The van der Waals surface area contributed by atoms with Crippen LogP contribution in [0.2, 0.25) is 0 Å². The number of nitrogens with one attached hydrogen (secondary N) is 2. The van der Waals surface area contributed by atoms with Gasteiger partial charge in [-0.3, -0.25) is 9.52 Å². The highest BCUT2D eigenvalue weighted by atomic mass is 32.2. The van der Waals surface area contributed by atoms with E-state index >= 15 is 0 Å². The summed E-state index contributed by atoms with van der Waals surface area (Å²) in [4.78, 5) is 13.1. The lowest BCUT2D eigenvalue weighted by Crippen LogP contribution is -2.16. The number of sulfonamides is 1. The molecule has 146 valence electrons. The lowest BCUT2D eigenvalue weighted by molar-refractivity contribution is 0.103. The van der Waals surface area contributed by atoms with E-state index in [0.717, 1.165) is 5.56 Å². The molecular formula is C20H20N2O4S2. The fourth-order valence-electron chi connectivity index (χ4n) is 2.63. The van der Waals surface area contributed by atoms with Gasteiger partial charge in [0.1, 0.15) is 5.75 Å². The predicted molar refractivity (Wildman–Crippen MR) is 112 cm³/mol. The lowest BCUT2D eigenvalue weighted by Gasteiger charge is -2.13. The monoisotopic (exact) mass is 416 g/mol. The third-order valence-corrected chi connectivity index (χ3v) is 6.68. The molecule has 0 aliphatic rings. The Morgan fingerprint density at radius 1 is 0.964 bits per heavy atom. The molecule has 0 saturated heterocycles. The molecule has 8 heteroatoms. The standard InChI is InChI=1S/C20H20N2O4S2/c1-13-4-5-16(21-20(23)19-14(2)10-11-27-19)12-18(13)28(24,25)22-15-6-8-17(26-3)9-7-15/h4-12,22H,1-3H3,(H,21,23). The van der Waals surface area contributed by atoms with Crippen molar-refractivity contribution in [2.45, 2.75) is 18.7 Å². The Labute approximate surface area is 168 Å². The van der Waals surface area contributed by atoms with Crippen molar-refractivity contribution in [1.82, 2.24) is 0 Å². The van der Waals surface area contributed by atoms with Crippen LogP contribution >= 0.6 is 11.3 Å². The fourth-order valence-corrected chi connectivity index (χ4v) is 4.78. The largest absolute Gasteiger partial charge is 0.497 e. The molecule has 3 rings (SSSR count). The molecule has 3 aromatic rings. The molecule has 2 N–H and O–H groups in total. The van der Waals surface area contributed by atoms with Crippen LogP contribution in [0.15, 0.2) is 58.8 Å². The average molecular weight is 417 g/mol. The van der Waals surface area contributed by atoms with Gasteiger partial charge in [-0.25, -0.2) is 8.42 Å². The van der Waals surface area contributed by atoms with E-state index < -0.39 is 10.0 Å². The first kappa shape index (κ1) is 19.9. The van der Waals surface area contributed by atoms with Crippen LogP contribution in [0.1, 0.15) is 20.8 Å². The predicted octanol–water partition coefficient (Wildman–Crippen LogP) is 4.43. The van der Waals surface area contributed by atoms with Crippen molar-refractivity contribution in [1.29, 1.82) is 0 Å². The van der Waals surface area contributed by atoms with Crippen molar-refractivity contribution in [3.8, 4) is 5.75 Å². The van der Waals surface area contributed by atoms with Gasteiger partial charge in [-0.2, -0.15) is 0 Å². The highest BCUT2D eigenvalue weighted by molar-refractivity contribution is 7.92. The van der Waals surface area contributed by atoms with Gasteiger partial charge in [0.15, 0.2) is 0 Å². The lowest BCUT2D eigenvalue weighted by atomic mass is 10.2. The Morgan fingerprint density at radius 2 is 1.64 bits per heavy atom. The van der Waals surface area contributed by atoms with Crippen molar-refractivity contribution in [2.24, 2.45) is 0 Å². The van der Waals surface area contributed by atoms with Crippen LogP contribution in [0, 0.1) is 13.8 Å².